The maximum atomic E-state index is 15.8. The van der Waals surface area contributed by atoms with Gasteiger partial charge in [-0.15, -0.1) is 0 Å². The molecule has 0 aliphatic carbocycles. The number of rotatable bonds is 36. The minimum Gasteiger partial charge on any atom is -0.462 e. The fourth-order valence-corrected chi connectivity index (χ4v) is 15.0. The van der Waals surface area contributed by atoms with Gasteiger partial charge in [0.05, 0.1) is 62.2 Å². The number of benzene rings is 11. The third-order valence-electron chi connectivity index (χ3n) is 21.7. The predicted molar refractivity (Wildman–Crippen MR) is 477 cm³/mol. The van der Waals surface area contributed by atoms with Crippen LogP contribution in [0.15, 0.2) is 328 Å². The highest BCUT2D eigenvalue weighted by atomic mass is 19.4. The Morgan fingerprint density at radius 2 is 0.590 bits per heavy atom. The van der Waals surface area contributed by atoms with Crippen LogP contribution in [-0.2, 0) is 106 Å². The third kappa shape index (κ3) is 26.6. The Bertz CT molecular complexity index is 6030. The van der Waals surface area contributed by atoms with Crippen LogP contribution >= 0.6 is 0 Å². The summed E-state index contributed by atoms with van der Waals surface area (Å²) in [5, 5.41) is 1.76. The summed E-state index contributed by atoms with van der Waals surface area (Å²) >= 11 is 0. The highest BCUT2D eigenvalue weighted by Gasteiger charge is 2.63. The molecule has 3 aliphatic heterocycles. The number of amides is 1. The van der Waals surface area contributed by atoms with Crippen molar-refractivity contribution in [1.82, 2.24) is 0 Å². The Hall–Kier alpha value is -15.9. The van der Waals surface area contributed by atoms with Crippen molar-refractivity contribution in [3.8, 4) is 0 Å². The van der Waals surface area contributed by atoms with Gasteiger partial charge in [0.2, 0.25) is 0 Å². The first kappa shape index (κ1) is 99.1. The fourth-order valence-electron chi connectivity index (χ4n) is 15.0. The number of carbonyl (C=O) groups excluding carboxylic acids is 13. The lowest BCUT2D eigenvalue weighted by Gasteiger charge is -2.52. The molecule has 0 unspecified atom stereocenters. The predicted octanol–water partition coefficient (Wildman–Crippen LogP) is 13.7. The Balaban J connectivity index is 1.04. The van der Waals surface area contributed by atoms with Gasteiger partial charge in [0, 0.05) is 19.5 Å². The van der Waals surface area contributed by atoms with Crippen LogP contribution in [0.1, 0.15) is 123 Å². The minimum absolute atomic E-state index is 0.0516. The standard InChI is InChI=1S/C104H88F3NO31/c1-62(109)123-59-76(126-63(2)110)80-83(138-101-88(134-98(119)73-49-29-11-30-50-73)84(131-95(116)70-43-23-8-24-44-70)79(129-93(114)68-39-19-6-20-40-68)78(128-101)61-125-91(112)66-35-15-4-16-36-66)86(87(133-97(118)72-47-27-10-28-48-72)100(136-80)122-58-57-64-53-55-75(56-54-64)108-103(121)104(105,106)107)139-102-89(135-99(120)74-51-31-12-32-52-74)85(132-96(117)71-45-25-9-26-46-71)82(130-94(115)69-41-21-7-22-42-69)81(137-102)77(127-92(113)67-37-17-5-18-38-67)60-124-90(111)65-33-13-3-14-34-65/h3-56,76-89,100-102H,57-61H2,1-2H3,(H,108,121)/t76-,77-,78+,79+,80+,81+,82+,83+,84-,85-,86-,87-,88+,89-,100-,101-,102+/m0/s1. The molecular weight excluding hydrogens is 1820 g/mol. The average molecular weight is 1900 g/mol. The number of ether oxygens (including phenoxy) is 18. The molecule has 17 atom stereocenters. The van der Waals surface area contributed by atoms with E-state index in [2.05, 4.69) is 0 Å². The van der Waals surface area contributed by atoms with Gasteiger partial charge in [-0.05, 0) is 145 Å². The molecule has 32 nitrogen and oxygen atoms in total. The summed E-state index contributed by atoms with van der Waals surface area (Å²) in [5.41, 5.74) is -1.81. The van der Waals surface area contributed by atoms with E-state index in [0.29, 0.717) is 0 Å². The van der Waals surface area contributed by atoms with Crippen LogP contribution in [-0.4, -0.2) is 214 Å². The first-order valence-corrected chi connectivity index (χ1v) is 43.5. The zero-order valence-electron chi connectivity index (χ0n) is 73.8. The summed E-state index contributed by atoms with van der Waals surface area (Å²) in [7, 11) is 0. The zero-order chi connectivity index (χ0) is 97.9. The highest BCUT2D eigenvalue weighted by molar-refractivity contribution is 5.96. The van der Waals surface area contributed by atoms with Gasteiger partial charge in [0.15, 0.2) is 73.8 Å². The summed E-state index contributed by atoms with van der Waals surface area (Å²) in [4.78, 5) is 193. The molecule has 0 bridgehead atoms. The molecule has 3 saturated heterocycles. The Kier molecular flexibility index (Phi) is 33.9. The molecule has 139 heavy (non-hydrogen) atoms. The number of hydrogen-bond acceptors (Lipinski definition) is 31. The van der Waals surface area contributed by atoms with E-state index in [1.54, 1.807) is 59.9 Å². The van der Waals surface area contributed by atoms with E-state index in [0.717, 1.165) is 26.0 Å². The molecule has 0 spiro atoms. The largest absolute Gasteiger partial charge is 0.471 e. The van der Waals surface area contributed by atoms with E-state index in [-0.39, 0.29) is 73.3 Å². The van der Waals surface area contributed by atoms with Crippen LogP contribution in [0.2, 0.25) is 0 Å². The number of halogens is 3. The maximum absolute atomic E-state index is 15.8. The SMILES string of the molecule is CC(=O)OC[C@H](OC(C)=O)[C@H]1O[C@H](OCCc2ccc(NC(=O)C(F)(F)F)cc2)[C@@H](OC(=O)c2ccccc2)[C@@H](O[C@H]2O[C@H]([C@H](COC(=O)c3ccccc3)OC(=O)c3ccccc3)[C@@H](OC(=O)c3ccccc3)[C@H](OC(=O)c3ccccc3)[C@@H]2OC(=O)c2ccccc2)[C@@H]1O[C@@H]1O[C@H](COC(=O)c2ccccc2)[C@@H](OC(=O)c2ccccc2)[C@H](OC(=O)c2ccccc2)[C@H]1OC(=O)c1ccccc1. The smallest absolute Gasteiger partial charge is 0.462 e. The molecule has 3 heterocycles. The van der Waals surface area contributed by atoms with E-state index < -0.39 is 214 Å². The Morgan fingerprint density at radius 3 is 0.964 bits per heavy atom. The fraction of sp³-hybridized carbons (Fsp3) is 0.240. The van der Waals surface area contributed by atoms with Crippen molar-refractivity contribution in [3.63, 3.8) is 0 Å². The topological polar surface area (TPSA) is 400 Å². The maximum Gasteiger partial charge on any atom is 0.471 e. The van der Waals surface area contributed by atoms with Gasteiger partial charge in [0.1, 0.15) is 50.3 Å². The summed E-state index contributed by atoms with van der Waals surface area (Å²) in [6, 6.07) is 76.7. The molecular formula is C104H88F3NO31. The molecule has 1 N–H and O–H groups in total. The molecule has 11 aromatic carbocycles. The average Bonchev–Trinajstić information content (AvgIpc) is 0.744. The molecule has 0 radical (unpaired) electrons. The molecule has 14 rings (SSSR count). The lowest BCUT2D eigenvalue weighted by Crippen LogP contribution is -2.70. The van der Waals surface area contributed by atoms with Gasteiger partial charge in [0.25, 0.3) is 0 Å². The molecule has 35 heteroatoms. The van der Waals surface area contributed by atoms with Crippen molar-refractivity contribution in [2.24, 2.45) is 0 Å². The number of carbonyl (C=O) groups is 13. The monoisotopic (exact) mass is 1900 g/mol. The van der Waals surface area contributed by atoms with Gasteiger partial charge in [-0.25, -0.2) is 47.9 Å². The lowest BCUT2D eigenvalue weighted by atomic mass is 9.92. The third-order valence-corrected chi connectivity index (χ3v) is 21.7. The summed E-state index contributed by atoms with van der Waals surface area (Å²) < 4.78 is 161. The van der Waals surface area contributed by atoms with Crippen molar-refractivity contribution in [2.45, 2.75) is 131 Å². The number of anilines is 1. The quantitative estimate of drug-likeness (QED) is 0.0281. The second-order valence-corrected chi connectivity index (χ2v) is 31.3. The summed E-state index contributed by atoms with van der Waals surface area (Å²) in [6.07, 6.45) is -46.1. The van der Waals surface area contributed by atoms with Crippen molar-refractivity contribution < 1.29 is 161 Å². The van der Waals surface area contributed by atoms with E-state index in [9.17, 15) is 37.1 Å². The number of alkyl halides is 3. The van der Waals surface area contributed by atoms with E-state index >= 15 is 38.4 Å². The van der Waals surface area contributed by atoms with Gasteiger partial charge < -0.3 is 90.6 Å². The first-order valence-electron chi connectivity index (χ1n) is 43.5. The minimum atomic E-state index is -5.30. The number of hydrogen-bond donors (Lipinski definition) is 1. The number of esters is 12. The molecule has 1 amide bonds. The van der Waals surface area contributed by atoms with Crippen LogP contribution in [0.5, 0.6) is 0 Å². The molecule has 0 aromatic heterocycles. The van der Waals surface area contributed by atoms with Crippen LogP contribution in [0.4, 0.5) is 18.9 Å². The second kappa shape index (κ2) is 47.5. The van der Waals surface area contributed by atoms with Gasteiger partial charge in [-0.3, -0.25) is 14.4 Å². The Morgan fingerprint density at radius 1 is 0.295 bits per heavy atom. The first-order chi connectivity index (χ1) is 67.3. The van der Waals surface area contributed by atoms with Gasteiger partial charge >= 0.3 is 83.7 Å². The normalized spacial score (nSPS) is 21.4. The highest BCUT2D eigenvalue weighted by Crippen LogP contribution is 2.43. The number of nitrogens with one attached hydrogen (secondary N) is 1. The van der Waals surface area contributed by atoms with E-state index in [1.807, 2.05) is 0 Å². The second-order valence-electron chi connectivity index (χ2n) is 31.3. The van der Waals surface area contributed by atoms with Crippen LogP contribution in [0.3, 0.4) is 0 Å². The molecule has 716 valence electrons. The van der Waals surface area contributed by atoms with Gasteiger partial charge in [-0.1, -0.05) is 194 Å². The molecule has 0 saturated carbocycles. The van der Waals surface area contributed by atoms with Crippen LogP contribution < -0.4 is 5.32 Å². The summed E-state index contributed by atoms with van der Waals surface area (Å²) in [6.45, 7) is -2.00. The summed E-state index contributed by atoms with van der Waals surface area (Å²) in [5.74, 6) is -16.6. The van der Waals surface area contributed by atoms with Crippen LogP contribution in [0.25, 0.3) is 0 Å². The van der Waals surface area contributed by atoms with E-state index in [1.165, 1.54) is 261 Å². The molecule has 3 aliphatic rings. The van der Waals surface area contributed by atoms with Crippen molar-refractivity contribution in [3.05, 3.63) is 389 Å². The van der Waals surface area contributed by atoms with E-state index in [4.69, 9.17) is 85.3 Å². The van der Waals surface area contributed by atoms with Crippen molar-refractivity contribution in [2.75, 3.05) is 31.7 Å². The van der Waals surface area contributed by atoms with Crippen molar-refractivity contribution in [1.29, 1.82) is 0 Å². The van der Waals surface area contributed by atoms with Crippen LogP contribution in [0, 0.1) is 0 Å². The Labute approximate surface area is 791 Å². The van der Waals surface area contributed by atoms with Gasteiger partial charge in [-0.2, -0.15) is 13.2 Å². The van der Waals surface area contributed by atoms with Crippen molar-refractivity contribution >= 4 is 83.2 Å². The lowest BCUT2D eigenvalue weighted by molar-refractivity contribution is -0.390. The zero-order valence-corrected chi connectivity index (χ0v) is 73.8. The molecule has 3 fully saturated rings. The molecule has 11 aromatic rings.